The fraction of sp³-hybridized carbons (Fsp3) is 0.286. The molecule has 0 aliphatic rings. The Kier molecular flexibility index (Phi) is 8.79. The zero-order chi connectivity index (χ0) is 26.4. The number of primary amides is 1. The summed E-state index contributed by atoms with van der Waals surface area (Å²) in [6.07, 6.45) is 0.641. The van der Waals surface area contributed by atoms with Gasteiger partial charge in [0.1, 0.15) is 11.5 Å². The maximum atomic E-state index is 13.8. The van der Waals surface area contributed by atoms with Crippen LogP contribution in [0.2, 0.25) is 0 Å². The summed E-state index contributed by atoms with van der Waals surface area (Å²) in [5.74, 6) is -1.60. The molecule has 0 spiro atoms. The zero-order valence-corrected chi connectivity index (χ0v) is 20.5. The van der Waals surface area contributed by atoms with Crippen molar-refractivity contribution in [1.29, 1.82) is 0 Å². The number of nitrogens with two attached hydrogens (primary N) is 1. The molecule has 4 N–H and O–H groups in total. The van der Waals surface area contributed by atoms with E-state index in [9.17, 15) is 24.2 Å². The van der Waals surface area contributed by atoms with Crippen molar-refractivity contribution in [2.24, 2.45) is 5.73 Å². The predicted molar refractivity (Wildman–Crippen MR) is 136 cm³/mol. The fourth-order valence-electron chi connectivity index (χ4n) is 4.26. The third-order valence-electron chi connectivity index (χ3n) is 5.81. The van der Waals surface area contributed by atoms with Crippen LogP contribution in [0.1, 0.15) is 48.9 Å². The molecule has 2 atom stereocenters. The molecule has 0 radical (unpaired) electrons. The number of halogens is 1. The van der Waals surface area contributed by atoms with E-state index in [2.05, 4.69) is 4.74 Å². The predicted octanol–water partition coefficient (Wildman–Crippen LogP) is 4.33. The molecule has 0 saturated heterocycles. The van der Waals surface area contributed by atoms with Gasteiger partial charge in [-0.05, 0) is 43.2 Å². The smallest absolute Gasteiger partial charge is 0.308 e. The first-order valence-electron chi connectivity index (χ1n) is 11.6. The van der Waals surface area contributed by atoms with Gasteiger partial charge in [0.2, 0.25) is 0 Å². The molecule has 7 nitrogen and oxygen atoms in total. The van der Waals surface area contributed by atoms with E-state index < -0.39 is 29.9 Å². The van der Waals surface area contributed by atoms with E-state index in [0.717, 1.165) is 5.56 Å². The lowest BCUT2D eigenvalue weighted by molar-refractivity contribution is -0.143. The summed E-state index contributed by atoms with van der Waals surface area (Å²) in [4.78, 5) is 24.2. The Morgan fingerprint density at radius 2 is 1.64 bits per heavy atom. The number of methoxy groups -OCH3 is 1. The molecule has 190 valence electrons. The highest BCUT2D eigenvalue weighted by Crippen LogP contribution is 2.42. The Bertz CT molecular complexity index is 1230. The van der Waals surface area contributed by atoms with Crippen LogP contribution in [0.4, 0.5) is 4.39 Å². The van der Waals surface area contributed by atoms with E-state index in [1.807, 2.05) is 44.2 Å². The minimum Gasteiger partial charge on any atom is -0.469 e. The summed E-state index contributed by atoms with van der Waals surface area (Å²) in [6.45, 7) is 3.81. The van der Waals surface area contributed by atoms with Crippen molar-refractivity contribution in [1.82, 2.24) is 4.57 Å². The fourth-order valence-corrected chi connectivity index (χ4v) is 4.26. The number of esters is 1. The van der Waals surface area contributed by atoms with Gasteiger partial charge < -0.3 is 25.3 Å². The van der Waals surface area contributed by atoms with E-state index in [-0.39, 0.29) is 24.6 Å². The van der Waals surface area contributed by atoms with Crippen molar-refractivity contribution >= 4 is 18.0 Å². The first kappa shape index (κ1) is 26.8. The Labute approximate surface area is 209 Å². The summed E-state index contributed by atoms with van der Waals surface area (Å²) >= 11 is 0. The molecule has 0 saturated carbocycles. The molecule has 0 aliphatic carbocycles. The van der Waals surface area contributed by atoms with Crippen LogP contribution in [0.5, 0.6) is 0 Å². The molecule has 0 aliphatic heterocycles. The number of amides is 1. The lowest BCUT2D eigenvalue weighted by Crippen LogP contribution is -2.20. The van der Waals surface area contributed by atoms with Gasteiger partial charge in [-0.25, -0.2) is 4.39 Å². The van der Waals surface area contributed by atoms with E-state index in [0.29, 0.717) is 22.4 Å². The molecule has 0 unspecified atom stereocenters. The number of hydrogen-bond acceptors (Lipinski definition) is 5. The van der Waals surface area contributed by atoms with Crippen LogP contribution in [0, 0.1) is 5.82 Å². The average molecular weight is 495 g/mol. The molecule has 3 aromatic rings. The Hall–Kier alpha value is -3.75. The van der Waals surface area contributed by atoms with Gasteiger partial charge in [0, 0.05) is 29.3 Å². The number of rotatable bonds is 10. The Morgan fingerprint density at radius 3 is 2.19 bits per heavy atom. The Balaban J connectivity index is 2.21. The van der Waals surface area contributed by atoms with Gasteiger partial charge in [0.05, 0.1) is 25.7 Å². The molecule has 0 fully saturated rings. The maximum absolute atomic E-state index is 13.8. The molecule has 1 aromatic heterocycles. The standard InChI is InChI=1S/C28H31FN2O5/c1-17(2)31-23(14-13-21(32)15-22(33)16-24(34)36-3)25(19-9-11-20(29)12-10-19)26(27(31)28(30)35)18-7-5-4-6-8-18/h4-14,17,21-22,32-33H,15-16H2,1-3H3,(H2,30,35)/b14-13+/t21-,22-/m1/s1. The second-order valence-corrected chi connectivity index (χ2v) is 8.78. The molecule has 1 amide bonds. The van der Waals surface area contributed by atoms with Crippen LogP contribution in [-0.4, -0.2) is 46.0 Å². The number of aliphatic hydroxyl groups excluding tert-OH is 2. The molecule has 0 bridgehead atoms. The van der Waals surface area contributed by atoms with Gasteiger partial charge in [0.15, 0.2) is 0 Å². The highest BCUT2D eigenvalue weighted by atomic mass is 19.1. The minimum absolute atomic E-state index is 0.0892. The van der Waals surface area contributed by atoms with Gasteiger partial charge in [-0.1, -0.05) is 48.5 Å². The van der Waals surface area contributed by atoms with Gasteiger partial charge in [-0.3, -0.25) is 9.59 Å². The van der Waals surface area contributed by atoms with Crippen LogP contribution >= 0.6 is 0 Å². The topological polar surface area (TPSA) is 115 Å². The van der Waals surface area contributed by atoms with Crippen LogP contribution < -0.4 is 5.73 Å². The minimum atomic E-state index is -1.09. The second-order valence-electron chi connectivity index (χ2n) is 8.78. The molecule has 3 rings (SSSR count). The van der Waals surface area contributed by atoms with E-state index in [4.69, 9.17) is 5.73 Å². The summed E-state index contributed by atoms with van der Waals surface area (Å²) in [7, 11) is 1.23. The third kappa shape index (κ3) is 6.08. The van der Waals surface area contributed by atoms with E-state index in [1.165, 1.54) is 25.3 Å². The molecule has 1 heterocycles. The number of benzene rings is 2. The number of nitrogens with zero attached hydrogens (tertiary/aromatic N) is 1. The first-order chi connectivity index (χ1) is 17.1. The molecule has 36 heavy (non-hydrogen) atoms. The average Bonchev–Trinajstić information content (AvgIpc) is 3.19. The van der Waals surface area contributed by atoms with Gasteiger partial charge in [-0.2, -0.15) is 0 Å². The number of carbonyl (C=O) groups excluding carboxylic acids is 2. The number of aliphatic hydroxyl groups is 2. The summed E-state index contributed by atoms with van der Waals surface area (Å²) in [6, 6.07) is 15.0. The van der Waals surface area contributed by atoms with Crippen LogP contribution in [0.3, 0.4) is 0 Å². The maximum Gasteiger partial charge on any atom is 0.308 e. The van der Waals surface area contributed by atoms with Crippen molar-refractivity contribution in [2.75, 3.05) is 7.11 Å². The van der Waals surface area contributed by atoms with E-state index in [1.54, 1.807) is 22.8 Å². The summed E-state index contributed by atoms with van der Waals surface area (Å²) in [5, 5.41) is 20.6. The first-order valence-corrected chi connectivity index (χ1v) is 11.6. The normalized spacial score (nSPS) is 13.2. The van der Waals surface area contributed by atoms with Crippen LogP contribution in [0.25, 0.3) is 28.3 Å². The van der Waals surface area contributed by atoms with Crippen molar-refractivity contribution < 1.29 is 28.9 Å². The molecular weight excluding hydrogens is 463 g/mol. The molecular formula is C28H31FN2O5. The van der Waals surface area contributed by atoms with E-state index >= 15 is 0 Å². The SMILES string of the molecule is COC(=O)C[C@H](O)C[C@H](O)/C=C/c1c(-c2ccc(F)cc2)c(-c2ccccc2)c(C(N)=O)n1C(C)C. The monoisotopic (exact) mass is 494 g/mol. The highest BCUT2D eigenvalue weighted by molar-refractivity contribution is 6.05. The van der Waals surface area contributed by atoms with Crippen molar-refractivity contribution in [2.45, 2.75) is 44.9 Å². The number of ether oxygens (including phenoxy) is 1. The second kappa shape index (κ2) is 11.8. The third-order valence-corrected chi connectivity index (χ3v) is 5.81. The van der Waals surface area contributed by atoms with Crippen molar-refractivity contribution in [3.05, 3.63) is 77.9 Å². The van der Waals surface area contributed by atoms with Gasteiger partial charge in [0.25, 0.3) is 5.91 Å². The lowest BCUT2D eigenvalue weighted by atomic mass is 9.94. The summed E-state index contributed by atoms with van der Waals surface area (Å²) < 4.78 is 20.1. The molecule has 8 heteroatoms. The molecule has 2 aromatic carbocycles. The number of hydrogen-bond donors (Lipinski definition) is 3. The van der Waals surface area contributed by atoms with Crippen LogP contribution in [-0.2, 0) is 9.53 Å². The lowest BCUT2D eigenvalue weighted by Gasteiger charge is -2.16. The van der Waals surface area contributed by atoms with Crippen molar-refractivity contribution in [3.8, 4) is 22.3 Å². The van der Waals surface area contributed by atoms with Gasteiger partial charge >= 0.3 is 5.97 Å². The quantitative estimate of drug-likeness (QED) is 0.363. The van der Waals surface area contributed by atoms with Crippen LogP contribution in [0.15, 0.2) is 60.7 Å². The highest BCUT2D eigenvalue weighted by Gasteiger charge is 2.28. The number of aromatic nitrogens is 1. The largest absolute Gasteiger partial charge is 0.469 e. The van der Waals surface area contributed by atoms with Gasteiger partial charge in [-0.15, -0.1) is 0 Å². The zero-order valence-electron chi connectivity index (χ0n) is 20.5. The summed E-state index contributed by atoms with van der Waals surface area (Å²) in [5.41, 5.74) is 9.44. The Morgan fingerprint density at radius 1 is 1.03 bits per heavy atom. The van der Waals surface area contributed by atoms with Crippen molar-refractivity contribution in [3.63, 3.8) is 0 Å². The number of carbonyl (C=O) groups is 2.